The second-order valence-corrected chi connectivity index (χ2v) is 6.24. The predicted octanol–water partition coefficient (Wildman–Crippen LogP) is 3.00. The summed E-state index contributed by atoms with van der Waals surface area (Å²) in [4.78, 5) is 14.4. The molecule has 1 amide bonds. The first-order valence-corrected chi connectivity index (χ1v) is 7.80. The van der Waals surface area contributed by atoms with Crippen LogP contribution in [0.1, 0.15) is 49.9 Å². The van der Waals surface area contributed by atoms with Gasteiger partial charge >= 0.3 is 0 Å². The van der Waals surface area contributed by atoms with Gasteiger partial charge in [-0.25, -0.2) is 0 Å². The number of aryl methyl sites for hydroxylation is 1. The van der Waals surface area contributed by atoms with E-state index in [0.717, 1.165) is 12.3 Å². The Morgan fingerprint density at radius 2 is 2.20 bits per heavy atom. The van der Waals surface area contributed by atoms with Gasteiger partial charge in [-0.3, -0.25) is 10.1 Å². The highest BCUT2D eigenvalue weighted by Gasteiger charge is 2.38. The van der Waals surface area contributed by atoms with E-state index in [2.05, 4.69) is 48.3 Å². The summed E-state index contributed by atoms with van der Waals surface area (Å²) in [5.41, 5.74) is 2.46. The Balaban J connectivity index is 1.83. The lowest BCUT2D eigenvalue weighted by molar-refractivity contribution is -0.130. The standard InChI is InChI=1S/C17H24N2O/c1-3-15(10-13-7-8-13)19-16(20)11-18-17(19)14-6-4-5-12(2)9-14/h4-6,9,13,15,17-18H,3,7-8,10-11H2,1-2H3. The summed E-state index contributed by atoms with van der Waals surface area (Å²) in [6.45, 7) is 4.78. The third-order valence-corrected chi connectivity index (χ3v) is 4.54. The van der Waals surface area contributed by atoms with Crippen LogP contribution in [-0.2, 0) is 4.79 Å². The van der Waals surface area contributed by atoms with Gasteiger partial charge in [-0.05, 0) is 31.2 Å². The zero-order chi connectivity index (χ0) is 14.1. The molecule has 3 heteroatoms. The molecule has 2 atom stereocenters. The number of nitrogens with one attached hydrogen (secondary N) is 1. The van der Waals surface area contributed by atoms with Crippen molar-refractivity contribution in [2.24, 2.45) is 5.92 Å². The summed E-state index contributed by atoms with van der Waals surface area (Å²) in [5.74, 6) is 1.11. The van der Waals surface area contributed by atoms with E-state index >= 15 is 0 Å². The molecule has 3 nitrogen and oxygen atoms in total. The van der Waals surface area contributed by atoms with E-state index in [1.165, 1.54) is 30.4 Å². The lowest BCUT2D eigenvalue weighted by Crippen LogP contribution is -2.39. The minimum atomic E-state index is 0.0612. The van der Waals surface area contributed by atoms with Crippen LogP contribution in [0.4, 0.5) is 0 Å². The van der Waals surface area contributed by atoms with Crippen LogP contribution >= 0.6 is 0 Å². The Bertz CT molecular complexity index is 496. The first-order chi connectivity index (χ1) is 9.69. The molecule has 0 spiro atoms. The van der Waals surface area contributed by atoms with Gasteiger partial charge in [0.15, 0.2) is 0 Å². The van der Waals surface area contributed by atoms with Gasteiger partial charge in [-0.1, -0.05) is 49.6 Å². The van der Waals surface area contributed by atoms with Crippen molar-refractivity contribution >= 4 is 5.91 Å². The fraction of sp³-hybridized carbons (Fsp3) is 0.588. The van der Waals surface area contributed by atoms with Crippen molar-refractivity contribution < 1.29 is 4.79 Å². The third-order valence-electron chi connectivity index (χ3n) is 4.54. The van der Waals surface area contributed by atoms with E-state index in [9.17, 15) is 4.79 Å². The molecule has 2 aliphatic rings. The summed E-state index contributed by atoms with van der Waals surface area (Å²) in [7, 11) is 0. The summed E-state index contributed by atoms with van der Waals surface area (Å²) in [6.07, 6.45) is 4.98. The van der Waals surface area contributed by atoms with Crippen molar-refractivity contribution in [1.82, 2.24) is 10.2 Å². The summed E-state index contributed by atoms with van der Waals surface area (Å²) >= 11 is 0. The highest BCUT2D eigenvalue weighted by atomic mass is 16.2. The molecule has 3 rings (SSSR count). The van der Waals surface area contributed by atoms with Crippen LogP contribution in [0.3, 0.4) is 0 Å². The van der Waals surface area contributed by atoms with Gasteiger partial charge in [0, 0.05) is 6.04 Å². The van der Waals surface area contributed by atoms with Crippen LogP contribution in [0, 0.1) is 12.8 Å². The van der Waals surface area contributed by atoms with E-state index in [1.54, 1.807) is 0 Å². The molecule has 1 heterocycles. The zero-order valence-electron chi connectivity index (χ0n) is 12.4. The molecular weight excluding hydrogens is 248 g/mol. The lowest BCUT2D eigenvalue weighted by atomic mass is 10.0. The van der Waals surface area contributed by atoms with E-state index in [0.29, 0.717) is 12.6 Å². The van der Waals surface area contributed by atoms with Crippen LogP contribution in [0.15, 0.2) is 24.3 Å². The second-order valence-electron chi connectivity index (χ2n) is 6.24. The molecule has 2 unspecified atom stereocenters. The highest BCUT2D eigenvalue weighted by Crippen LogP contribution is 2.37. The number of benzene rings is 1. The van der Waals surface area contributed by atoms with Gasteiger partial charge in [0.2, 0.25) is 5.91 Å². The molecule has 0 aromatic heterocycles. The Hall–Kier alpha value is -1.35. The SMILES string of the molecule is CCC(CC1CC1)N1C(=O)CNC1c1cccc(C)c1. The molecule has 1 N–H and O–H groups in total. The lowest BCUT2D eigenvalue weighted by Gasteiger charge is -2.33. The quantitative estimate of drug-likeness (QED) is 0.893. The van der Waals surface area contributed by atoms with E-state index in [1.807, 2.05) is 0 Å². The molecule has 1 aromatic rings. The monoisotopic (exact) mass is 272 g/mol. The number of hydrogen-bond acceptors (Lipinski definition) is 2. The maximum absolute atomic E-state index is 12.3. The van der Waals surface area contributed by atoms with Crippen molar-refractivity contribution in [3.8, 4) is 0 Å². The molecule has 1 aromatic carbocycles. The van der Waals surface area contributed by atoms with Gasteiger partial charge in [0.05, 0.1) is 6.54 Å². The van der Waals surface area contributed by atoms with E-state index in [-0.39, 0.29) is 12.1 Å². The van der Waals surface area contributed by atoms with E-state index in [4.69, 9.17) is 0 Å². The fourth-order valence-electron chi connectivity index (χ4n) is 3.27. The van der Waals surface area contributed by atoms with Crippen molar-refractivity contribution in [3.05, 3.63) is 35.4 Å². The van der Waals surface area contributed by atoms with Crippen LogP contribution in [0.5, 0.6) is 0 Å². The van der Waals surface area contributed by atoms with Gasteiger partial charge in [-0.2, -0.15) is 0 Å². The summed E-state index contributed by atoms with van der Waals surface area (Å²) < 4.78 is 0. The Morgan fingerprint density at radius 1 is 1.40 bits per heavy atom. The molecule has 1 aliphatic heterocycles. The van der Waals surface area contributed by atoms with Crippen LogP contribution in [-0.4, -0.2) is 23.4 Å². The Kier molecular flexibility index (Phi) is 3.79. The number of carbonyl (C=O) groups excluding carboxylic acids is 1. The summed E-state index contributed by atoms with van der Waals surface area (Å²) in [5, 5.41) is 3.38. The van der Waals surface area contributed by atoms with Crippen LogP contribution < -0.4 is 5.32 Å². The molecule has 1 saturated carbocycles. The summed E-state index contributed by atoms with van der Waals surface area (Å²) in [6, 6.07) is 8.88. The Morgan fingerprint density at radius 3 is 2.85 bits per heavy atom. The second kappa shape index (κ2) is 5.57. The maximum Gasteiger partial charge on any atom is 0.238 e. The molecule has 2 fully saturated rings. The zero-order valence-corrected chi connectivity index (χ0v) is 12.4. The predicted molar refractivity (Wildman–Crippen MR) is 80.2 cm³/mol. The van der Waals surface area contributed by atoms with Gasteiger partial charge < -0.3 is 4.90 Å². The minimum absolute atomic E-state index is 0.0612. The van der Waals surface area contributed by atoms with Crippen molar-refractivity contribution in [2.75, 3.05) is 6.54 Å². The largest absolute Gasteiger partial charge is 0.319 e. The average Bonchev–Trinajstić information content (AvgIpc) is 3.18. The number of carbonyl (C=O) groups is 1. The average molecular weight is 272 g/mol. The van der Waals surface area contributed by atoms with Crippen molar-refractivity contribution in [2.45, 2.75) is 51.7 Å². The molecule has 20 heavy (non-hydrogen) atoms. The normalized spacial score (nSPS) is 24.2. The molecule has 108 valence electrons. The smallest absolute Gasteiger partial charge is 0.238 e. The van der Waals surface area contributed by atoms with Gasteiger partial charge in [-0.15, -0.1) is 0 Å². The van der Waals surface area contributed by atoms with Gasteiger partial charge in [0.25, 0.3) is 0 Å². The molecule has 1 aliphatic carbocycles. The molecule has 0 radical (unpaired) electrons. The Labute approximate surface area is 121 Å². The third kappa shape index (κ3) is 2.73. The number of rotatable bonds is 5. The van der Waals surface area contributed by atoms with Crippen LogP contribution in [0.25, 0.3) is 0 Å². The topological polar surface area (TPSA) is 32.3 Å². The molecular formula is C17H24N2O. The van der Waals surface area contributed by atoms with E-state index < -0.39 is 0 Å². The van der Waals surface area contributed by atoms with Gasteiger partial charge in [0.1, 0.15) is 6.17 Å². The fourth-order valence-corrected chi connectivity index (χ4v) is 3.27. The van der Waals surface area contributed by atoms with Crippen molar-refractivity contribution in [3.63, 3.8) is 0 Å². The molecule has 0 bridgehead atoms. The highest BCUT2D eigenvalue weighted by molar-refractivity contribution is 5.81. The minimum Gasteiger partial charge on any atom is -0.319 e. The van der Waals surface area contributed by atoms with Crippen molar-refractivity contribution in [1.29, 1.82) is 0 Å². The number of amides is 1. The first-order valence-electron chi connectivity index (χ1n) is 7.80. The molecule has 1 saturated heterocycles. The maximum atomic E-state index is 12.3. The first kappa shape index (κ1) is 13.6. The number of nitrogens with zero attached hydrogens (tertiary/aromatic N) is 1. The number of hydrogen-bond donors (Lipinski definition) is 1. The van der Waals surface area contributed by atoms with Crippen LogP contribution in [0.2, 0.25) is 0 Å².